The number of amides is 10. The van der Waals surface area contributed by atoms with Crippen molar-refractivity contribution in [1.82, 2.24) is 93.4 Å². The van der Waals surface area contributed by atoms with Gasteiger partial charge in [0, 0.05) is 73.0 Å². The van der Waals surface area contributed by atoms with Crippen LogP contribution in [0.15, 0.2) is 64.9 Å². The average molecular weight is 1990 g/mol. The predicted molar refractivity (Wildman–Crippen MR) is 497 cm³/mol. The number of hydrazine groups is 1. The number of phenolic OH excluding ortho intramolecular Hbond substituents is 1. The van der Waals surface area contributed by atoms with Gasteiger partial charge in [-0.2, -0.15) is 4.98 Å². The van der Waals surface area contributed by atoms with Crippen molar-refractivity contribution in [2.75, 3.05) is 56.0 Å². The lowest BCUT2D eigenvalue weighted by molar-refractivity contribution is -0.161. The Morgan fingerprint density at radius 1 is 0.703 bits per heavy atom. The number of thiazole rings is 1. The first kappa shape index (κ1) is 113. The number of hydrogen-bond acceptors (Lipinski definition) is 35. The highest BCUT2D eigenvalue weighted by Crippen LogP contribution is 2.33. The first-order valence-electron chi connectivity index (χ1n) is 44.0. The van der Waals surface area contributed by atoms with Crippen LogP contribution in [0.5, 0.6) is 5.75 Å². The number of aromatic amines is 1. The summed E-state index contributed by atoms with van der Waals surface area (Å²) in [5.41, 5.74) is 16.2. The summed E-state index contributed by atoms with van der Waals surface area (Å²) < 4.78 is 16.8. The molecule has 50 nitrogen and oxygen atoms in total. The quantitative estimate of drug-likeness (QED) is 0.00366. The minimum Gasteiger partial charge on any atom is -0.508 e. The molecule has 25 N–H and O–H groups in total. The van der Waals surface area contributed by atoms with Gasteiger partial charge in [-0.1, -0.05) is 88.1 Å². The van der Waals surface area contributed by atoms with E-state index in [0.29, 0.717) is 42.8 Å². The largest absolute Gasteiger partial charge is 0.508 e. The summed E-state index contributed by atoms with van der Waals surface area (Å²) in [7, 11) is 3.60. The van der Waals surface area contributed by atoms with E-state index in [1.54, 1.807) is 26.0 Å². The summed E-state index contributed by atoms with van der Waals surface area (Å²) in [6.45, 7) is 11.7. The van der Waals surface area contributed by atoms with Crippen LogP contribution in [0.4, 0.5) is 16.4 Å². The van der Waals surface area contributed by atoms with Crippen LogP contribution in [-0.2, 0) is 94.3 Å². The number of fused-ring (bicyclic) bond motifs is 1. The van der Waals surface area contributed by atoms with Gasteiger partial charge in [-0.25, -0.2) is 34.8 Å². The summed E-state index contributed by atoms with van der Waals surface area (Å²) in [4.78, 5) is 261. The minimum absolute atomic E-state index is 0.0191. The number of nitrogens with one attached hydrogen (secondary N) is 14. The van der Waals surface area contributed by atoms with Crippen LogP contribution in [-0.4, -0.2) is 289 Å². The third-order valence-corrected chi connectivity index (χ3v) is 24.9. The molecule has 2 aromatic carbocycles. The van der Waals surface area contributed by atoms with Gasteiger partial charge < -0.3 is 119 Å². The normalized spacial score (nSPS) is 15.3. The molecule has 0 radical (unpaired) electrons. The van der Waals surface area contributed by atoms with E-state index < -0.39 is 236 Å². The number of carbonyl (C=O) groups is 17. The molecule has 0 spiro atoms. The Morgan fingerprint density at radius 3 is 1.91 bits per heavy atom. The molecule has 14 atom stereocenters. The molecular weight excluding hydrogens is 1870 g/mol. The molecule has 1 unspecified atom stereocenters. The molecule has 10 amide bonds. The third kappa shape index (κ3) is 38.5. The number of ether oxygens (including phenoxy) is 3. The van der Waals surface area contributed by atoms with Crippen LogP contribution in [0.25, 0.3) is 11.2 Å². The first-order valence-corrected chi connectivity index (χ1v) is 47.4. The summed E-state index contributed by atoms with van der Waals surface area (Å²) in [6.07, 6.45) is -4.74. The fourth-order valence-corrected chi connectivity index (χ4v) is 16.8. The Hall–Kier alpha value is -13.7. The minimum atomic E-state index is -2.23. The molecule has 0 aliphatic carbocycles. The number of guanidine groups is 1. The Labute approximate surface area is 802 Å². The number of carbonyl (C=O) groups excluding carboxylic acids is 12. The highest BCUT2D eigenvalue weighted by Gasteiger charge is 2.42. The van der Waals surface area contributed by atoms with Gasteiger partial charge in [0.25, 0.3) is 17.4 Å². The molecule has 1 aliphatic rings. The number of anilines is 2. The highest BCUT2D eigenvalue weighted by atomic mass is 33.1. The second-order valence-electron chi connectivity index (χ2n) is 32.8. The molecule has 0 saturated carbocycles. The van der Waals surface area contributed by atoms with Crippen LogP contribution in [0.1, 0.15) is 188 Å². The monoisotopic (exact) mass is 1990 g/mol. The standard InChI is InChI=1S/C85H120N22O28S3/c1-9-14-66(117)134-41-107(80(127)67(43(5)10-2)101-77(125)59-16-11-12-28-106(59)8)60(42(3)4)36-61(135-45(7)108)79-100-57(39-136-79)76(124)93-49(32-46-17-23-51(109)24-18-46)31-44(6)70(118)104-105-85(132)133-29-30-137-138-40-58(82(130)131)99-75(123)56(35-65(115)116)98-74(122)55(34-64(113)114)97-72(120)52(15-13-27-89-83(86)87)95-73(121)54(33-63(111)112)94-62(110)26-25-53(81(128)129)96-71(119)47-19-21-48(22-20-47)90-37-50-38-91-69-68(92-50)78(126)103-84(88)102-69/h17-24,38-39,42-44,49,52-56,58-61,67,70,90,104,109,118H,9-16,25-37,40-41H2,1-8H3,(H,93,124)(H,94,110)(H,95,121)(H,96,119)(H,97,120)(H,98,122)(H,99,123)(H,101,125)(H,105,132)(H,111,112)(H,113,114)(H,115,116)(H,128,129)(H,130,131)(H4,86,87,89)(H3,88,91,102,103,126)/t43-,44-,49+,52-,53-,54-,55-,56+,58+,59+,60+,61+,67?,70+/m0/s1. The molecule has 1 fully saturated rings. The maximum atomic E-state index is 15.1. The highest BCUT2D eigenvalue weighted by molar-refractivity contribution is 8.76. The second kappa shape index (κ2) is 56.8. The van der Waals surface area contributed by atoms with Crippen LogP contribution < -0.4 is 81.0 Å². The molecule has 6 rings (SSSR count). The average Bonchev–Trinajstić information content (AvgIpc) is 1.18. The number of nitrogens with zero attached hydrogens (tertiary/aromatic N) is 6. The Bertz CT molecular complexity index is 5140. The number of esters is 2. The molecule has 53 heteroatoms. The van der Waals surface area contributed by atoms with Crippen LogP contribution in [0, 0.1) is 23.2 Å². The molecule has 1 saturated heterocycles. The number of benzene rings is 2. The SMILES string of the molecule is CCCC(=O)OCN(C(=O)C(NC(=O)[C@H]1CCCCN1C)[C@@H](C)CC)[C@H](C[C@@H](OC(C)=O)c1nc(C(=O)N[C@@H](Cc2ccc(O)cc2)C[C@H](C)[C@@H](O)NNC(=O)OCCSSC[C@@H](NC(=O)[C@@H](CC(=O)O)NC(=O)[C@H](CC(=O)O)NC(=O)[C@H](CCCNC(=N)N)NC(=O)[C@H](CC(=O)O)NC(=O)CC[C@H](NC(=O)c2ccc(NCc3cnc4nc(N)[nH]c(=O)c4n3)cc2)C(=O)O)C(=O)O)cs1)C(C)C. The van der Waals surface area contributed by atoms with Crippen molar-refractivity contribution in [1.29, 1.82) is 5.41 Å². The number of phenols is 1. The maximum Gasteiger partial charge on any atom is 0.421 e. The van der Waals surface area contributed by atoms with Gasteiger partial charge in [0.15, 0.2) is 30.0 Å². The third-order valence-electron chi connectivity index (χ3n) is 21.6. The number of carboxylic acid groups (broad SMARTS) is 5. The number of likely N-dealkylation sites (N-methyl/N-ethyl adjacent to an activating group) is 1. The number of nitrogens with two attached hydrogens (primary N) is 2. The number of aliphatic hydroxyl groups excluding tert-OH is 1. The second-order valence-corrected chi connectivity index (χ2v) is 36.3. The number of H-pyrrole nitrogens is 1. The number of rotatable bonds is 59. The number of nitrogen functional groups attached to an aromatic ring is 1. The van der Waals surface area contributed by atoms with Crippen molar-refractivity contribution in [2.24, 2.45) is 23.5 Å². The van der Waals surface area contributed by atoms with Gasteiger partial charge in [-0.3, -0.25) is 92.6 Å². The van der Waals surface area contributed by atoms with E-state index in [1.807, 2.05) is 45.0 Å². The lowest BCUT2D eigenvalue weighted by Crippen LogP contribution is -2.59. The van der Waals surface area contributed by atoms with Gasteiger partial charge in [-0.05, 0) is 125 Å². The lowest BCUT2D eigenvalue weighted by atomic mass is 9.92. The summed E-state index contributed by atoms with van der Waals surface area (Å²) in [5, 5.41) is 104. The van der Waals surface area contributed by atoms with Gasteiger partial charge in [0.05, 0.1) is 43.7 Å². The van der Waals surface area contributed by atoms with E-state index in [4.69, 9.17) is 31.1 Å². The van der Waals surface area contributed by atoms with Crippen molar-refractivity contribution >= 4 is 163 Å². The Balaban J connectivity index is 1.02. The molecule has 0 bridgehead atoms. The first-order chi connectivity index (χ1) is 65.3. The Kier molecular flexibility index (Phi) is 46.5. The zero-order chi connectivity index (χ0) is 102. The van der Waals surface area contributed by atoms with E-state index in [0.717, 1.165) is 45.8 Å². The number of carboxylic acids is 5. The Morgan fingerprint density at radius 2 is 1.32 bits per heavy atom. The van der Waals surface area contributed by atoms with Crippen LogP contribution in [0.3, 0.4) is 0 Å². The van der Waals surface area contributed by atoms with Crippen molar-refractivity contribution in [3.63, 3.8) is 0 Å². The van der Waals surface area contributed by atoms with Gasteiger partial charge >= 0.3 is 47.9 Å². The molecular formula is C85H120N22O28S3. The summed E-state index contributed by atoms with van der Waals surface area (Å²) >= 11 is 0.998. The van der Waals surface area contributed by atoms with Crippen molar-refractivity contribution in [3.8, 4) is 5.75 Å². The molecule has 4 heterocycles. The van der Waals surface area contributed by atoms with Crippen molar-refractivity contribution < 1.29 is 131 Å². The topological polar surface area (TPSA) is 771 Å². The van der Waals surface area contributed by atoms with Gasteiger partial charge in [-0.15, -0.1) is 11.3 Å². The summed E-state index contributed by atoms with van der Waals surface area (Å²) in [6, 6.07) is -3.32. The van der Waals surface area contributed by atoms with E-state index in [-0.39, 0.29) is 114 Å². The summed E-state index contributed by atoms with van der Waals surface area (Å²) in [5.74, 6) is -21.9. The van der Waals surface area contributed by atoms with Crippen LogP contribution in [0.2, 0.25) is 0 Å². The maximum absolute atomic E-state index is 15.1. The zero-order valence-electron chi connectivity index (χ0n) is 77.0. The van der Waals surface area contributed by atoms with Gasteiger partial charge in [0.1, 0.15) is 71.6 Å². The molecule has 1 aliphatic heterocycles. The number of piperidine rings is 1. The van der Waals surface area contributed by atoms with E-state index in [9.17, 15) is 117 Å². The predicted octanol–water partition coefficient (Wildman–Crippen LogP) is 0.390. The number of aromatic nitrogens is 5. The number of aliphatic hydroxyl groups is 1. The van der Waals surface area contributed by atoms with E-state index in [2.05, 4.69) is 83.6 Å². The lowest BCUT2D eigenvalue weighted by Gasteiger charge is -2.39. The fraction of sp³-hybridized carbons (Fsp3) is 0.541. The smallest absolute Gasteiger partial charge is 0.421 e. The molecule has 5 aromatic rings. The van der Waals surface area contributed by atoms with Gasteiger partial charge in [0.2, 0.25) is 47.3 Å². The number of aromatic hydroxyl groups is 1. The zero-order valence-corrected chi connectivity index (χ0v) is 79.4. The number of hydrogen-bond donors (Lipinski definition) is 23. The van der Waals surface area contributed by atoms with E-state index >= 15 is 4.79 Å². The molecule has 138 heavy (non-hydrogen) atoms. The van der Waals surface area contributed by atoms with E-state index in [1.165, 1.54) is 59.8 Å². The van der Waals surface area contributed by atoms with Crippen molar-refractivity contribution in [2.45, 2.75) is 230 Å². The molecule has 756 valence electrons. The number of aliphatic carboxylic acids is 5. The molecule has 3 aromatic heterocycles. The van der Waals surface area contributed by atoms with Crippen molar-refractivity contribution in [3.05, 3.63) is 98.0 Å². The fourth-order valence-electron chi connectivity index (χ4n) is 14.0. The van der Waals surface area contributed by atoms with Crippen LogP contribution >= 0.6 is 32.9 Å². The number of likely N-dealkylation sites (tertiary alicyclic amines) is 1.